The fraction of sp³-hybridized carbons (Fsp3) is 0. The Labute approximate surface area is 254 Å². The maximum atomic E-state index is 2.46. The summed E-state index contributed by atoms with van der Waals surface area (Å²) in [6.45, 7) is 0. The Kier molecular flexibility index (Phi) is 4.75. The number of fused-ring (bicyclic) bond motifs is 9. The van der Waals surface area contributed by atoms with Crippen LogP contribution in [-0.4, -0.2) is 8.97 Å². The molecule has 0 unspecified atom stereocenters. The van der Waals surface area contributed by atoms with E-state index in [1.807, 2.05) is 0 Å². The molecule has 0 atom stereocenters. The van der Waals surface area contributed by atoms with Crippen molar-refractivity contribution in [2.75, 3.05) is 0 Å². The molecule has 2 nitrogen and oxygen atoms in total. The second-order valence-electron chi connectivity index (χ2n) is 11.8. The van der Waals surface area contributed by atoms with Gasteiger partial charge in [-0.05, 0) is 53.1 Å². The first-order valence-corrected chi connectivity index (χ1v) is 15.2. The van der Waals surface area contributed by atoms with Gasteiger partial charge in [-0.25, -0.2) is 0 Å². The van der Waals surface area contributed by atoms with Crippen molar-refractivity contribution < 1.29 is 0 Å². The Morgan fingerprint density at radius 1 is 0.318 bits per heavy atom. The van der Waals surface area contributed by atoms with Crippen molar-refractivity contribution in [1.29, 1.82) is 0 Å². The molecule has 0 amide bonds. The molecule has 0 aliphatic rings. The van der Waals surface area contributed by atoms with E-state index in [0.29, 0.717) is 0 Å². The minimum atomic E-state index is 1.17. The molecular formula is C42H26N2. The average Bonchev–Trinajstić information content (AvgIpc) is 3.74. The minimum absolute atomic E-state index is 1.17. The van der Waals surface area contributed by atoms with Crippen molar-refractivity contribution in [1.82, 2.24) is 8.97 Å². The summed E-state index contributed by atoms with van der Waals surface area (Å²) < 4.78 is 4.91. The average molecular weight is 559 g/mol. The fourth-order valence-corrected chi connectivity index (χ4v) is 7.58. The van der Waals surface area contributed by atoms with Gasteiger partial charge in [0.25, 0.3) is 0 Å². The highest BCUT2D eigenvalue weighted by molar-refractivity contribution is 6.24. The van der Waals surface area contributed by atoms with Gasteiger partial charge in [-0.2, -0.15) is 0 Å². The molecule has 0 aliphatic carbocycles. The maximum Gasteiger partial charge on any atom is 0.0620 e. The standard InChI is InChI=1S/C42H26N2/c1-2-11-27(12-3-1)28-13-8-14-30(25-28)43-38-21-6-4-15-32(38)34-18-9-17-31(41(34)43)29-23-24-40-37(26-29)36-20-10-19-35-33-16-5-7-22-39(33)44(40)42(35)36/h1-26H. The molecule has 0 bridgehead atoms. The van der Waals surface area contributed by atoms with E-state index in [1.165, 1.54) is 87.8 Å². The third-order valence-corrected chi connectivity index (χ3v) is 9.44. The van der Waals surface area contributed by atoms with Crippen molar-refractivity contribution >= 4 is 59.9 Å². The smallest absolute Gasteiger partial charge is 0.0620 e. The lowest BCUT2D eigenvalue weighted by Gasteiger charge is -2.13. The van der Waals surface area contributed by atoms with Crippen molar-refractivity contribution in [2.45, 2.75) is 0 Å². The largest absolute Gasteiger partial charge is 0.309 e. The van der Waals surface area contributed by atoms with E-state index in [9.17, 15) is 0 Å². The van der Waals surface area contributed by atoms with Gasteiger partial charge in [0.2, 0.25) is 0 Å². The van der Waals surface area contributed by atoms with Gasteiger partial charge in [0.1, 0.15) is 0 Å². The van der Waals surface area contributed by atoms with Crippen LogP contribution in [0.3, 0.4) is 0 Å². The highest BCUT2D eigenvalue weighted by atomic mass is 15.0. The summed E-state index contributed by atoms with van der Waals surface area (Å²) in [5, 5.41) is 7.76. The third-order valence-electron chi connectivity index (χ3n) is 9.44. The van der Waals surface area contributed by atoms with Crippen LogP contribution < -0.4 is 0 Å². The zero-order valence-electron chi connectivity index (χ0n) is 23.9. The van der Waals surface area contributed by atoms with Crippen LogP contribution in [0.2, 0.25) is 0 Å². The normalized spacial score (nSPS) is 12.1. The van der Waals surface area contributed by atoms with Crippen molar-refractivity contribution in [3.8, 4) is 27.9 Å². The number of benzene rings is 7. The van der Waals surface area contributed by atoms with Gasteiger partial charge in [0, 0.05) is 43.6 Å². The Morgan fingerprint density at radius 2 is 0.909 bits per heavy atom. The third kappa shape index (κ3) is 3.14. The number of nitrogens with zero attached hydrogens (tertiary/aromatic N) is 2. The zero-order valence-corrected chi connectivity index (χ0v) is 23.9. The van der Waals surface area contributed by atoms with Crippen molar-refractivity contribution in [3.05, 3.63) is 158 Å². The molecule has 3 aromatic heterocycles. The molecular weight excluding hydrogens is 532 g/mol. The zero-order chi connectivity index (χ0) is 28.8. The van der Waals surface area contributed by atoms with Gasteiger partial charge in [-0.15, -0.1) is 0 Å². The quantitative estimate of drug-likeness (QED) is 0.204. The predicted octanol–water partition coefficient (Wildman–Crippen LogP) is 11.3. The van der Waals surface area contributed by atoms with Crippen LogP contribution in [0.15, 0.2) is 158 Å². The van der Waals surface area contributed by atoms with Gasteiger partial charge in [-0.1, -0.05) is 121 Å². The summed E-state index contributed by atoms with van der Waals surface area (Å²) in [6.07, 6.45) is 0. The van der Waals surface area contributed by atoms with E-state index >= 15 is 0 Å². The van der Waals surface area contributed by atoms with Gasteiger partial charge in [-0.3, -0.25) is 0 Å². The van der Waals surface area contributed by atoms with Crippen LogP contribution >= 0.6 is 0 Å². The van der Waals surface area contributed by atoms with Crippen molar-refractivity contribution in [2.24, 2.45) is 0 Å². The Bertz CT molecular complexity index is 2710. The lowest BCUT2D eigenvalue weighted by atomic mass is 9.99. The summed E-state index contributed by atoms with van der Waals surface area (Å²) in [5.41, 5.74) is 12.3. The Hall–Kier alpha value is -5.86. The molecule has 0 saturated carbocycles. The molecule has 7 aromatic carbocycles. The van der Waals surface area contributed by atoms with Gasteiger partial charge >= 0.3 is 0 Å². The molecule has 204 valence electrons. The number of para-hydroxylation sites is 4. The van der Waals surface area contributed by atoms with Crippen LogP contribution in [0, 0.1) is 0 Å². The number of rotatable bonds is 3. The van der Waals surface area contributed by atoms with E-state index in [-0.39, 0.29) is 0 Å². The van der Waals surface area contributed by atoms with Gasteiger partial charge in [0.05, 0.1) is 27.6 Å². The van der Waals surface area contributed by atoms with E-state index in [4.69, 9.17) is 0 Å². The monoisotopic (exact) mass is 558 g/mol. The molecule has 0 saturated heterocycles. The lowest BCUT2D eigenvalue weighted by molar-refractivity contribution is 1.18. The molecule has 10 rings (SSSR count). The number of hydrogen-bond donors (Lipinski definition) is 0. The second kappa shape index (κ2) is 8.82. The topological polar surface area (TPSA) is 9.34 Å². The number of hydrogen-bond acceptors (Lipinski definition) is 0. The van der Waals surface area contributed by atoms with E-state index in [2.05, 4.69) is 167 Å². The van der Waals surface area contributed by atoms with E-state index in [1.54, 1.807) is 0 Å². The molecule has 3 heterocycles. The van der Waals surface area contributed by atoms with Gasteiger partial charge < -0.3 is 8.97 Å². The molecule has 10 aromatic rings. The highest BCUT2D eigenvalue weighted by Gasteiger charge is 2.20. The van der Waals surface area contributed by atoms with E-state index in [0.717, 1.165) is 0 Å². The summed E-state index contributed by atoms with van der Waals surface area (Å²) in [5.74, 6) is 0. The van der Waals surface area contributed by atoms with Gasteiger partial charge in [0.15, 0.2) is 0 Å². The molecule has 0 aliphatic heterocycles. The second-order valence-corrected chi connectivity index (χ2v) is 11.8. The molecule has 0 spiro atoms. The summed E-state index contributed by atoms with van der Waals surface area (Å²) >= 11 is 0. The first-order valence-electron chi connectivity index (χ1n) is 15.2. The van der Waals surface area contributed by atoms with Crippen LogP contribution in [0.5, 0.6) is 0 Å². The van der Waals surface area contributed by atoms with Crippen LogP contribution in [0.1, 0.15) is 0 Å². The first-order chi connectivity index (χ1) is 21.8. The molecule has 0 fully saturated rings. The predicted molar refractivity (Wildman–Crippen MR) is 186 cm³/mol. The van der Waals surface area contributed by atoms with E-state index < -0.39 is 0 Å². The minimum Gasteiger partial charge on any atom is -0.309 e. The molecule has 2 heteroatoms. The SMILES string of the molecule is c1ccc(-c2cccc(-n3c4ccccc4c4cccc(-c5ccc6c(c5)c5cccc7c8ccccc8n6c75)c43)c2)cc1. The summed E-state index contributed by atoms with van der Waals surface area (Å²) in [6, 6.07) is 57.7. The first kappa shape index (κ1) is 23.7. The van der Waals surface area contributed by atoms with Crippen LogP contribution in [0.25, 0.3) is 87.8 Å². The molecule has 44 heavy (non-hydrogen) atoms. The fourth-order valence-electron chi connectivity index (χ4n) is 7.58. The van der Waals surface area contributed by atoms with Crippen LogP contribution in [0.4, 0.5) is 0 Å². The lowest BCUT2D eigenvalue weighted by Crippen LogP contribution is -1.96. The summed E-state index contributed by atoms with van der Waals surface area (Å²) in [7, 11) is 0. The van der Waals surface area contributed by atoms with Crippen molar-refractivity contribution in [3.63, 3.8) is 0 Å². The van der Waals surface area contributed by atoms with Crippen LogP contribution in [-0.2, 0) is 0 Å². The highest BCUT2D eigenvalue weighted by Crippen LogP contribution is 2.43. The Morgan fingerprint density at radius 3 is 1.75 bits per heavy atom. The maximum absolute atomic E-state index is 2.46. The molecule has 0 radical (unpaired) electrons. The Balaban J connectivity index is 1.27. The molecule has 0 N–H and O–H groups in total. The number of aromatic nitrogens is 2. The summed E-state index contributed by atoms with van der Waals surface area (Å²) in [4.78, 5) is 0.